The Morgan fingerprint density at radius 2 is 1.68 bits per heavy atom. The van der Waals surface area contributed by atoms with E-state index >= 15 is 0 Å². The smallest absolute Gasteiger partial charge is 0.295 e. The summed E-state index contributed by atoms with van der Waals surface area (Å²) in [5.41, 5.74) is 2.35. The molecular formula is C22H23NO5. The number of nitrogens with zero attached hydrogens (tertiary/aromatic N) is 1. The van der Waals surface area contributed by atoms with Crippen LogP contribution in [-0.2, 0) is 14.3 Å². The number of hydrogen-bond donors (Lipinski definition) is 1. The molecule has 1 N–H and O–H groups in total. The van der Waals surface area contributed by atoms with Crippen molar-refractivity contribution in [2.45, 2.75) is 13.0 Å². The number of aliphatic hydroxyl groups excluding tert-OH is 1. The Balaban J connectivity index is 2.12. The lowest BCUT2D eigenvalue weighted by Crippen LogP contribution is -2.32. The standard InChI is InChI=1S/C22H23NO5/c1-14-4-6-15(7-5-14)19-18(21(25)22(26)23(19)12-13-27-2)20(24)16-8-10-17(28-3)11-9-16/h4-11,19,24H,12-13H2,1-3H3. The highest BCUT2D eigenvalue weighted by molar-refractivity contribution is 6.46. The van der Waals surface area contributed by atoms with Gasteiger partial charge in [0.1, 0.15) is 11.5 Å². The van der Waals surface area contributed by atoms with E-state index in [1.54, 1.807) is 31.4 Å². The SMILES string of the molecule is COCCN1C(=O)C(=O)C(=C(O)c2ccc(OC)cc2)C1c1ccc(C)cc1. The Hall–Kier alpha value is -3.12. The van der Waals surface area contributed by atoms with Gasteiger partial charge in [-0.1, -0.05) is 29.8 Å². The van der Waals surface area contributed by atoms with Crippen LogP contribution < -0.4 is 4.74 Å². The summed E-state index contributed by atoms with van der Waals surface area (Å²) in [5.74, 6) is -0.911. The molecule has 1 heterocycles. The van der Waals surface area contributed by atoms with Crippen LogP contribution in [0.3, 0.4) is 0 Å². The molecule has 6 nitrogen and oxygen atoms in total. The molecule has 0 aromatic heterocycles. The van der Waals surface area contributed by atoms with Crippen molar-refractivity contribution in [3.8, 4) is 5.75 Å². The van der Waals surface area contributed by atoms with Gasteiger partial charge in [0, 0.05) is 19.2 Å². The summed E-state index contributed by atoms with van der Waals surface area (Å²) in [6.45, 7) is 2.50. The number of rotatable bonds is 6. The number of ether oxygens (including phenoxy) is 2. The maximum atomic E-state index is 12.8. The van der Waals surface area contributed by atoms with Gasteiger partial charge in [0.25, 0.3) is 11.7 Å². The van der Waals surface area contributed by atoms with Crippen LogP contribution in [0.25, 0.3) is 5.76 Å². The van der Waals surface area contributed by atoms with Gasteiger partial charge in [0.15, 0.2) is 0 Å². The Morgan fingerprint density at radius 1 is 1.04 bits per heavy atom. The van der Waals surface area contributed by atoms with E-state index in [9.17, 15) is 14.7 Å². The second kappa shape index (κ2) is 8.27. The van der Waals surface area contributed by atoms with E-state index in [2.05, 4.69) is 0 Å². The van der Waals surface area contributed by atoms with Gasteiger partial charge in [-0.25, -0.2) is 0 Å². The van der Waals surface area contributed by atoms with Gasteiger partial charge in [0.2, 0.25) is 0 Å². The van der Waals surface area contributed by atoms with Gasteiger partial charge in [0.05, 0.1) is 25.3 Å². The lowest BCUT2D eigenvalue weighted by molar-refractivity contribution is -0.140. The summed E-state index contributed by atoms with van der Waals surface area (Å²) in [7, 11) is 3.09. The molecule has 1 fully saturated rings. The molecule has 1 aliphatic heterocycles. The van der Waals surface area contributed by atoms with E-state index in [-0.39, 0.29) is 24.5 Å². The molecule has 3 rings (SSSR count). The van der Waals surface area contributed by atoms with E-state index in [1.165, 1.54) is 12.0 Å². The summed E-state index contributed by atoms with van der Waals surface area (Å²) in [5, 5.41) is 10.9. The van der Waals surface area contributed by atoms with Gasteiger partial charge in [-0.2, -0.15) is 0 Å². The van der Waals surface area contributed by atoms with Crippen LogP contribution in [0.2, 0.25) is 0 Å². The first-order chi connectivity index (χ1) is 13.5. The zero-order valence-corrected chi connectivity index (χ0v) is 16.1. The zero-order valence-electron chi connectivity index (χ0n) is 16.1. The van der Waals surface area contributed by atoms with E-state index in [0.717, 1.165) is 11.1 Å². The Labute approximate surface area is 164 Å². The van der Waals surface area contributed by atoms with Crippen LogP contribution in [-0.4, -0.2) is 49.1 Å². The van der Waals surface area contributed by atoms with Crippen LogP contribution in [0.15, 0.2) is 54.1 Å². The highest BCUT2D eigenvalue weighted by Gasteiger charge is 2.45. The normalized spacial score (nSPS) is 18.5. The molecule has 2 aromatic rings. The van der Waals surface area contributed by atoms with E-state index in [4.69, 9.17) is 9.47 Å². The number of amides is 1. The van der Waals surface area contributed by atoms with E-state index < -0.39 is 17.7 Å². The molecule has 1 unspecified atom stereocenters. The topological polar surface area (TPSA) is 76.1 Å². The molecule has 0 aliphatic carbocycles. The lowest BCUT2D eigenvalue weighted by atomic mass is 9.94. The van der Waals surface area contributed by atoms with E-state index in [1.807, 2.05) is 31.2 Å². The molecule has 0 bridgehead atoms. The maximum Gasteiger partial charge on any atom is 0.295 e. The molecule has 0 radical (unpaired) electrons. The minimum absolute atomic E-state index is 0.0788. The average molecular weight is 381 g/mol. The van der Waals surface area contributed by atoms with Crippen LogP contribution in [0.5, 0.6) is 5.75 Å². The Kier molecular flexibility index (Phi) is 5.80. The largest absolute Gasteiger partial charge is 0.507 e. The summed E-state index contributed by atoms with van der Waals surface area (Å²) < 4.78 is 10.2. The first-order valence-corrected chi connectivity index (χ1v) is 8.96. The van der Waals surface area contributed by atoms with Crippen LogP contribution in [0, 0.1) is 6.92 Å². The monoisotopic (exact) mass is 381 g/mol. The number of benzene rings is 2. The molecule has 6 heteroatoms. The molecule has 1 saturated heterocycles. The third-order valence-electron chi connectivity index (χ3n) is 4.83. The lowest BCUT2D eigenvalue weighted by Gasteiger charge is -2.25. The number of likely N-dealkylation sites (tertiary alicyclic amines) is 1. The molecular weight excluding hydrogens is 358 g/mol. The van der Waals surface area contributed by atoms with Gasteiger partial charge in [-0.3, -0.25) is 9.59 Å². The number of aryl methyl sites for hydroxylation is 1. The molecule has 1 atom stereocenters. The van der Waals surface area contributed by atoms with Crippen molar-refractivity contribution in [3.63, 3.8) is 0 Å². The first kappa shape index (κ1) is 19.6. The fraction of sp³-hybridized carbons (Fsp3) is 0.273. The van der Waals surface area contributed by atoms with Crippen molar-refractivity contribution in [1.82, 2.24) is 4.90 Å². The van der Waals surface area contributed by atoms with E-state index in [0.29, 0.717) is 11.3 Å². The molecule has 146 valence electrons. The van der Waals surface area contributed by atoms with Gasteiger partial charge >= 0.3 is 0 Å². The van der Waals surface area contributed by atoms with Gasteiger partial charge in [-0.15, -0.1) is 0 Å². The third kappa shape index (κ3) is 3.64. The predicted octanol–water partition coefficient (Wildman–Crippen LogP) is 3.07. The fourth-order valence-electron chi connectivity index (χ4n) is 3.30. The van der Waals surface area contributed by atoms with Crippen LogP contribution in [0.4, 0.5) is 0 Å². The maximum absolute atomic E-state index is 12.8. The number of carbonyl (C=O) groups is 2. The predicted molar refractivity (Wildman–Crippen MR) is 105 cm³/mol. The number of carbonyl (C=O) groups excluding carboxylic acids is 2. The minimum Gasteiger partial charge on any atom is -0.507 e. The molecule has 28 heavy (non-hydrogen) atoms. The number of methoxy groups -OCH3 is 2. The van der Waals surface area contributed by atoms with Crippen molar-refractivity contribution in [1.29, 1.82) is 0 Å². The summed E-state index contributed by atoms with van der Waals surface area (Å²) in [6, 6.07) is 13.6. The van der Waals surface area contributed by atoms with Crippen molar-refractivity contribution in [3.05, 3.63) is 70.8 Å². The van der Waals surface area contributed by atoms with Crippen LogP contribution in [0.1, 0.15) is 22.7 Å². The molecule has 0 spiro atoms. The zero-order chi connectivity index (χ0) is 20.3. The minimum atomic E-state index is -0.699. The highest BCUT2D eigenvalue weighted by atomic mass is 16.5. The highest BCUT2D eigenvalue weighted by Crippen LogP contribution is 2.39. The third-order valence-corrected chi connectivity index (χ3v) is 4.83. The quantitative estimate of drug-likeness (QED) is 0.473. The van der Waals surface area contributed by atoms with Crippen LogP contribution >= 0.6 is 0 Å². The fourth-order valence-corrected chi connectivity index (χ4v) is 3.30. The first-order valence-electron chi connectivity index (χ1n) is 8.96. The average Bonchev–Trinajstić information content (AvgIpc) is 2.97. The summed E-state index contributed by atoms with van der Waals surface area (Å²) >= 11 is 0. The van der Waals surface area contributed by atoms with Crippen molar-refractivity contribution >= 4 is 17.4 Å². The molecule has 1 amide bonds. The van der Waals surface area contributed by atoms with Crippen molar-refractivity contribution in [2.24, 2.45) is 0 Å². The van der Waals surface area contributed by atoms with Crippen molar-refractivity contribution in [2.75, 3.05) is 27.4 Å². The molecule has 1 aliphatic rings. The van der Waals surface area contributed by atoms with Gasteiger partial charge < -0.3 is 19.5 Å². The number of hydrogen-bond acceptors (Lipinski definition) is 5. The molecule has 2 aromatic carbocycles. The number of Topliss-reactive ketones (excluding diaryl/α,β-unsaturated/α-hetero) is 1. The van der Waals surface area contributed by atoms with Crippen molar-refractivity contribution < 1.29 is 24.2 Å². The summed E-state index contributed by atoms with van der Waals surface area (Å²) in [6.07, 6.45) is 0. The Morgan fingerprint density at radius 3 is 2.25 bits per heavy atom. The number of aliphatic hydroxyl groups is 1. The summed E-state index contributed by atoms with van der Waals surface area (Å²) in [4.78, 5) is 26.9. The second-order valence-corrected chi connectivity index (χ2v) is 6.62. The second-order valence-electron chi connectivity index (χ2n) is 6.62. The number of ketones is 1. The van der Waals surface area contributed by atoms with Gasteiger partial charge in [-0.05, 0) is 36.8 Å². The molecule has 0 saturated carbocycles. The Bertz CT molecular complexity index is 900.